The molecule has 0 amide bonds. The zero-order chi connectivity index (χ0) is 14.6. The van der Waals surface area contributed by atoms with E-state index in [1.807, 2.05) is 6.92 Å². The zero-order valence-electron chi connectivity index (χ0n) is 12.9. The summed E-state index contributed by atoms with van der Waals surface area (Å²) in [5.74, 6) is 1.59. The predicted molar refractivity (Wildman–Crippen MR) is 74.6 cm³/mol. The maximum atomic E-state index is 6.02. The quantitative estimate of drug-likeness (QED) is 0.859. The maximum absolute atomic E-state index is 6.02. The second kappa shape index (κ2) is 6.48. The molecule has 2 N–H and O–H groups in total. The summed E-state index contributed by atoms with van der Waals surface area (Å²) in [6, 6.07) is 0.0356. The fraction of sp³-hybridized carbons (Fsp3) is 0.857. The van der Waals surface area contributed by atoms with Crippen LogP contribution in [-0.4, -0.2) is 22.8 Å². The lowest BCUT2D eigenvalue weighted by atomic mass is 9.88. The maximum Gasteiger partial charge on any atom is 0.228 e. The van der Waals surface area contributed by atoms with Gasteiger partial charge >= 0.3 is 0 Å². The van der Waals surface area contributed by atoms with Gasteiger partial charge in [-0.1, -0.05) is 39.8 Å². The summed E-state index contributed by atoms with van der Waals surface area (Å²) in [6.45, 7) is 13.1. The van der Waals surface area contributed by atoms with Crippen molar-refractivity contribution < 1.29 is 9.26 Å². The van der Waals surface area contributed by atoms with Crippen LogP contribution in [0, 0.1) is 11.3 Å². The molecule has 1 heterocycles. The molecule has 0 aromatic carbocycles. The monoisotopic (exact) mass is 269 g/mol. The van der Waals surface area contributed by atoms with Crippen LogP contribution in [0.3, 0.4) is 0 Å². The minimum Gasteiger partial charge on any atom is -0.370 e. The first-order chi connectivity index (χ1) is 8.75. The number of nitrogens with two attached hydrogens (primary N) is 1. The van der Waals surface area contributed by atoms with Crippen molar-refractivity contribution in [3.63, 3.8) is 0 Å². The fourth-order valence-electron chi connectivity index (χ4n) is 1.77. The van der Waals surface area contributed by atoms with Gasteiger partial charge in [-0.2, -0.15) is 4.98 Å². The Bertz CT molecular complexity index is 382. The molecule has 0 aliphatic rings. The molecule has 1 rings (SSSR count). The van der Waals surface area contributed by atoms with Gasteiger partial charge in [0, 0.05) is 19.1 Å². The minimum absolute atomic E-state index is 0.0356. The smallest absolute Gasteiger partial charge is 0.228 e. The summed E-state index contributed by atoms with van der Waals surface area (Å²) in [5, 5.41) is 4.05. The van der Waals surface area contributed by atoms with Crippen LogP contribution in [0.4, 0.5) is 0 Å². The van der Waals surface area contributed by atoms with Gasteiger partial charge < -0.3 is 15.0 Å². The average Bonchev–Trinajstić information content (AvgIpc) is 2.72. The van der Waals surface area contributed by atoms with E-state index in [0.29, 0.717) is 30.7 Å². The van der Waals surface area contributed by atoms with Crippen molar-refractivity contribution >= 4 is 0 Å². The second-order valence-corrected chi connectivity index (χ2v) is 6.36. The number of aromatic nitrogens is 2. The van der Waals surface area contributed by atoms with Crippen LogP contribution < -0.4 is 5.73 Å². The van der Waals surface area contributed by atoms with Crippen molar-refractivity contribution in [1.29, 1.82) is 0 Å². The third-order valence-corrected chi connectivity index (χ3v) is 3.10. The van der Waals surface area contributed by atoms with Crippen molar-refractivity contribution in [2.45, 2.75) is 60.1 Å². The lowest BCUT2D eigenvalue weighted by Crippen LogP contribution is -2.29. The lowest BCUT2D eigenvalue weighted by molar-refractivity contribution is -0.0203. The molecule has 2 atom stereocenters. The van der Waals surface area contributed by atoms with Gasteiger partial charge in [0.05, 0.1) is 0 Å². The first kappa shape index (κ1) is 16.1. The van der Waals surface area contributed by atoms with Gasteiger partial charge in [0.25, 0.3) is 0 Å². The molecule has 0 aliphatic carbocycles. The van der Waals surface area contributed by atoms with E-state index < -0.39 is 0 Å². The van der Waals surface area contributed by atoms with Gasteiger partial charge in [0.2, 0.25) is 11.7 Å². The van der Waals surface area contributed by atoms with E-state index >= 15 is 0 Å². The van der Waals surface area contributed by atoms with Gasteiger partial charge in [-0.05, 0) is 18.3 Å². The minimum atomic E-state index is -0.162. The van der Waals surface area contributed by atoms with Gasteiger partial charge in [0.1, 0.15) is 6.10 Å². The third-order valence-electron chi connectivity index (χ3n) is 3.10. The van der Waals surface area contributed by atoms with Crippen LogP contribution in [0.25, 0.3) is 0 Å². The molecule has 5 nitrogen and oxygen atoms in total. The first-order valence-corrected chi connectivity index (χ1v) is 6.95. The molecule has 0 fully saturated rings. The molecule has 0 saturated heterocycles. The molecule has 110 valence electrons. The van der Waals surface area contributed by atoms with Crippen molar-refractivity contribution in [1.82, 2.24) is 10.1 Å². The fourth-order valence-corrected chi connectivity index (χ4v) is 1.77. The highest BCUT2D eigenvalue weighted by Crippen LogP contribution is 2.34. The molecule has 0 radical (unpaired) electrons. The Hall–Kier alpha value is -0.940. The van der Waals surface area contributed by atoms with E-state index in [-0.39, 0.29) is 17.6 Å². The topological polar surface area (TPSA) is 74.2 Å². The van der Waals surface area contributed by atoms with Gasteiger partial charge in [-0.15, -0.1) is 0 Å². The molecule has 0 aliphatic heterocycles. The summed E-state index contributed by atoms with van der Waals surface area (Å²) in [5.41, 5.74) is 5.95. The Kier molecular flexibility index (Phi) is 5.50. The molecule has 1 aromatic heterocycles. The lowest BCUT2D eigenvalue weighted by Gasteiger charge is -2.27. The summed E-state index contributed by atoms with van der Waals surface area (Å²) in [7, 11) is 0. The standard InChI is InChI=1S/C14H27N3O2/c1-7-18-12(14(4,5)6)13-16-11(19-17-13)8-10(15)9(2)3/h9-10,12H,7-8,15H2,1-6H3. The number of hydrogen-bond acceptors (Lipinski definition) is 5. The molecule has 0 saturated carbocycles. The van der Waals surface area contributed by atoms with Crippen molar-refractivity contribution in [2.75, 3.05) is 6.61 Å². The number of ether oxygens (including phenoxy) is 1. The summed E-state index contributed by atoms with van der Waals surface area (Å²) in [6.07, 6.45) is 0.443. The van der Waals surface area contributed by atoms with E-state index in [2.05, 4.69) is 44.8 Å². The summed E-state index contributed by atoms with van der Waals surface area (Å²) >= 11 is 0. The normalized spacial score (nSPS) is 15.8. The Morgan fingerprint density at radius 3 is 2.42 bits per heavy atom. The highest BCUT2D eigenvalue weighted by Gasteiger charge is 2.31. The first-order valence-electron chi connectivity index (χ1n) is 6.95. The van der Waals surface area contributed by atoms with Gasteiger partial charge in [-0.3, -0.25) is 0 Å². The Morgan fingerprint density at radius 1 is 1.32 bits per heavy atom. The molecule has 19 heavy (non-hydrogen) atoms. The Morgan fingerprint density at radius 2 is 1.95 bits per heavy atom. The number of rotatable bonds is 6. The molecule has 2 unspecified atom stereocenters. The highest BCUT2D eigenvalue weighted by molar-refractivity contribution is 4.97. The number of nitrogens with zero attached hydrogens (tertiary/aromatic N) is 2. The molecular formula is C14H27N3O2. The van der Waals surface area contributed by atoms with Gasteiger partial charge in [-0.25, -0.2) is 0 Å². The van der Waals surface area contributed by atoms with Crippen molar-refractivity contribution in [2.24, 2.45) is 17.1 Å². The Balaban J connectivity index is 2.82. The average molecular weight is 269 g/mol. The van der Waals surface area contributed by atoms with E-state index in [0.717, 1.165) is 0 Å². The van der Waals surface area contributed by atoms with Crippen molar-refractivity contribution in [3.05, 3.63) is 11.7 Å². The molecule has 0 bridgehead atoms. The van der Waals surface area contributed by atoms with Crippen LogP contribution in [0.15, 0.2) is 4.52 Å². The van der Waals surface area contributed by atoms with E-state index in [9.17, 15) is 0 Å². The van der Waals surface area contributed by atoms with Crippen molar-refractivity contribution in [3.8, 4) is 0 Å². The zero-order valence-corrected chi connectivity index (χ0v) is 12.9. The van der Waals surface area contributed by atoms with Gasteiger partial charge in [0.15, 0.2) is 0 Å². The van der Waals surface area contributed by atoms with E-state index in [1.54, 1.807) is 0 Å². The van der Waals surface area contributed by atoms with Crippen LogP contribution in [0.5, 0.6) is 0 Å². The third kappa shape index (κ3) is 4.58. The van der Waals surface area contributed by atoms with E-state index in [1.165, 1.54) is 0 Å². The molecule has 5 heteroatoms. The molecule has 0 spiro atoms. The van der Waals surface area contributed by atoms with Crippen LogP contribution in [0.2, 0.25) is 0 Å². The van der Waals surface area contributed by atoms with Crippen LogP contribution in [-0.2, 0) is 11.2 Å². The summed E-state index contributed by atoms with van der Waals surface area (Å²) in [4.78, 5) is 4.44. The molecular weight excluding hydrogens is 242 g/mol. The number of hydrogen-bond donors (Lipinski definition) is 1. The Labute approximate surface area is 115 Å². The van der Waals surface area contributed by atoms with Crippen LogP contribution >= 0.6 is 0 Å². The largest absolute Gasteiger partial charge is 0.370 e. The molecule has 1 aromatic rings. The second-order valence-electron chi connectivity index (χ2n) is 6.36. The van der Waals surface area contributed by atoms with Crippen LogP contribution in [0.1, 0.15) is 59.4 Å². The predicted octanol–water partition coefficient (Wildman–Crippen LogP) is 2.72. The SMILES string of the molecule is CCOC(c1noc(CC(N)C(C)C)n1)C(C)(C)C. The summed E-state index contributed by atoms with van der Waals surface area (Å²) < 4.78 is 11.0. The highest BCUT2D eigenvalue weighted by atomic mass is 16.5. The van der Waals surface area contributed by atoms with E-state index in [4.69, 9.17) is 15.0 Å².